The molecule has 2 fully saturated rings. The molecule has 5 rings (SSSR count). The summed E-state index contributed by atoms with van der Waals surface area (Å²) in [6.07, 6.45) is 4.31. The third-order valence-electron chi connectivity index (χ3n) is 5.80. The fourth-order valence-corrected chi connectivity index (χ4v) is 4.88. The van der Waals surface area contributed by atoms with Crippen molar-refractivity contribution in [2.75, 3.05) is 26.2 Å². The molecule has 3 aromatic rings. The Kier molecular flexibility index (Phi) is 4.57. The molecule has 0 aromatic carbocycles. The van der Waals surface area contributed by atoms with Crippen molar-refractivity contribution in [3.63, 3.8) is 0 Å². The van der Waals surface area contributed by atoms with Crippen LogP contribution in [0.1, 0.15) is 46.7 Å². The van der Waals surface area contributed by atoms with Gasteiger partial charge in [-0.2, -0.15) is 0 Å². The van der Waals surface area contributed by atoms with Crippen molar-refractivity contribution < 1.29 is 4.42 Å². The maximum absolute atomic E-state index is 12.5. The van der Waals surface area contributed by atoms with Crippen molar-refractivity contribution in [2.45, 2.75) is 45.7 Å². The van der Waals surface area contributed by atoms with Crippen LogP contribution in [-0.2, 0) is 13.1 Å². The van der Waals surface area contributed by atoms with Gasteiger partial charge in [-0.1, -0.05) is 0 Å². The summed E-state index contributed by atoms with van der Waals surface area (Å²) in [6.45, 7) is 9.40. The molecule has 0 unspecified atom stereocenters. The van der Waals surface area contributed by atoms with Crippen LogP contribution in [0.15, 0.2) is 15.4 Å². The van der Waals surface area contributed by atoms with Gasteiger partial charge >= 0.3 is 0 Å². The summed E-state index contributed by atoms with van der Waals surface area (Å²) in [5, 5.41) is 0.744. The summed E-state index contributed by atoms with van der Waals surface area (Å²) in [6, 6.07) is 0. The SMILES string of the molecule is Cc1sc2nc(CN3CCN(Cc4cnc(C5CC5)o4)CC3)[nH]c(=O)c2c1C. The van der Waals surface area contributed by atoms with Crippen LogP contribution in [0.5, 0.6) is 0 Å². The lowest BCUT2D eigenvalue weighted by atomic mass is 10.2. The van der Waals surface area contributed by atoms with Crippen molar-refractivity contribution in [1.82, 2.24) is 24.8 Å². The Morgan fingerprint density at radius 2 is 1.89 bits per heavy atom. The highest BCUT2D eigenvalue weighted by Crippen LogP contribution is 2.39. The number of thiophene rings is 1. The van der Waals surface area contributed by atoms with E-state index >= 15 is 0 Å². The maximum Gasteiger partial charge on any atom is 0.259 e. The van der Waals surface area contributed by atoms with E-state index in [1.165, 1.54) is 12.8 Å². The second-order valence-corrected chi connectivity index (χ2v) is 9.17. The molecule has 8 heteroatoms. The molecule has 0 bridgehead atoms. The first-order valence-corrected chi connectivity index (χ1v) is 10.8. The van der Waals surface area contributed by atoms with Crippen molar-refractivity contribution in [2.24, 2.45) is 0 Å². The number of fused-ring (bicyclic) bond motifs is 1. The molecule has 2 aliphatic rings. The first kappa shape index (κ1) is 18.0. The van der Waals surface area contributed by atoms with E-state index in [-0.39, 0.29) is 5.56 Å². The van der Waals surface area contributed by atoms with Gasteiger partial charge in [-0.25, -0.2) is 9.97 Å². The normalized spacial score (nSPS) is 18.9. The molecule has 1 saturated heterocycles. The summed E-state index contributed by atoms with van der Waals surface area (Å²) in [7, 11) is 0. The number of aryl methyl sites for hydroxylation is 2. The lowest BCUT2D eigenvalue weighted by Gasteiger charge is -2.33. The van der Waals surface area contributed by atoms with Gasteiger partial charge in [-0.15, -0.1) is 11.3 Å². The van der Waals surface area contributed by atoms with Gasteiger partial charge in [0, 0.05) is 37.0 Å². The Morgan fingerprint density at radius 3 is 2.61 bits per heavy atom. The molecule has 0 atom stereocenters. The molecule has 1 aliphatic heterocycles. The largest absolute Gasteiger partial charge is 0.444 e. The van der Waals surface area contributed by atoms with Gasteiger partial charge in [0.1, 0.15) is 16.4 Å². The number of H-pyrrole nitrogens is 1. The molecule has 1 saturated carbocycles. The highest BCUT2D eigenvalue weighted by molar-refractivity contribution is 7.18. The van der Waals surface area contributed by atoms with Gasteiger partial charge in [0.05, 0.1) is 24.7 Å². The topological polar surface area (TPSA) is 78.3 Å². The number of hydrogen-bond acceptors (Lipinski definition) is 7. The average Bonchev–Trinajstić information content (AvgIpc) is 3.35. The number of piperazine rings is 1. The zero-order valence-corrected chi connectivity index (χ0v) is 17.1. The second-order valence-electron chi connectivity index (χ2n) is 7.97. The zero-order chi connectivity index (χ0) is 19.3. The van der Waals surface area contributed by atoms with Gasteiger partial charge in [0.2, 0.25) is 0 Å². The minimum absolute atomic E-state index is 0.0164. The van der Waals surface area contributed by atoms with E-state index in [1.807, 2.05) is 20.0 Å². The van der Waals surface area contributed by atoms with E-state index in [1.54, 1.807) is 11.3 Å². The molecule has 148 valence electrons. The molecule has 7 nitrogen and oxygen atoms in total. The van der Waals surface area contributed by atoms with Gasteiger partial charge in [-0.05, 0) is 32.3 Å². The highest BCUT2D eigenvalue weighted by Gasteiger charge is 2.29. The number of aromatic nitrogens is 3. The minimum Gasteiger partial charge on any atom is -0.444 e. The van der Waals surface area contributed by atoms with Crippen molar-refractivity contribution in [1.29, 1.82) is 0 Å². The molecule has 0 radical (unpaired) electrons. The smallest absolute Gasteiger partial charge is 0.259 e. The quantitative estimate of drug-likeness (QED) is 0.711. The van der Waals surface area contributed by atoms with E-state index in [4.69, 9.17) is 9.40 Å². The van der Waals surface area contributed by atoms with Crippen molar-refractivity contribution in [3.05, 3.63) is 44.5 Å². The standard InChI is InChI=1S/C20H25N5O2S/c1-12-13(2)28-20-17(12)18(26)22-16(23-20)11-25-7-5-24(6-8-25)10-15-9-21-19(27-15)14-3-4-14/h9,14H,3-8,10-11H2,1-2H3,(H,22,23,26). The third-order valence-corrected chi connectivity index (χ3v) is 6.91. The molecule has 0 amide bonds. The van der Waals surface area contributed by atoms with Gasteiger partial charge < -0.3 is 9.40 Å². The lowest BCUT2D eigenvalue weighted by molar-refractivity contribution is 0.113. The van der Waals surface area contributed by atoms with E-state index < -0.39 is 0 Å². The third kappa shape index (κ3) is 3.52. The summed E-state index contributed by atoms with van der Waals surface area (Å²) in [4.78, 5) is 31.3. The first-order valence-electron chi connectivity index (χ1n) is 9.95. The Morgan fingerprint density at radius 1 is 1.18 bits per heavy atom. The molecular formula is C20H25N5O2S. The first-order chi connectivity index (χ1) is 13.6. The van der Waals surface area contributed by atoms with Crippen LogP contribution in [-0.4, -0.2) is 50.9 Å². The van der Waals surface area contributed by atoms with Crippen LogP contribution in [0.25, 0.3) is 10.2 Å². The fraction of sp³-hybridized carbons (Fsp3) is 0.550. The number of hydrogen-bond donors (Lipinski definition) is 1. The summed E-state index contributed by atoms with van der Waals surface area (Å²) in [5.74, 6) is 3.21. The van der Waals surface area contributed by atoms with Crippen molar-refractivity contribution in [3.8, 4) is 0 Å². The van der Waals surface area contributed by atoms with E-state index in [2.05, 4.69) is 19.8 Å². The maximum atomic E-state index is 12.5. The lowest BCUT2D eigenvalue weighted by Crippen LogP contribution is -2.45. The number of rotatable bonds is 5. The van der Waals surface area contributed by atoms with Gasteiger partial charge in [0.15, 0.2) is 5.89 Å². The molecule has 3 aromatic heterocycles. The van der Waals surface area contributed by atoms with Crippen molar-refractivity contribution >= 4 is 21.6 Å². The van der Waals surface area contributed by atoms with Crippen LogP contribution in [0.4, 0.5) is 0 Å². The molecule has 28 heavy (non-hydrogen) atoms. The zero-order valence-electron chi connectivity index (χ0n) is 16.3. The fourth-order valence-electron chi connectivity index (χ4n) is 3.83. The Labute approximate surface area is 167 Å². The number of aromatic amines is 1. The molecular weight excluding hydrogens is 374 g/mol. The number of nitrogens with one attached hydrogen (secondary N) is 1. The van der Waals surface area contributed by atoms with Crippen LogP contribution in [0, 0.1) is 13.8 Å². The van der Waals surface area contributed by atoms with Crippen LogP contribution in [0.2, 0.25) is 0 Å². The molecule has 0 spiro atoms. The predicted octanol–water partition coefficient (Wildman–Crippen LogP) is 2.78. The van der Waals surface area contributed by atoms with Crippen LogP contribution >= 0.6 is 11.3 Å². The second kappa shape index (κ2) is 7.09. The summed E-state index contributed by atoms with van der Waals surface area (Å²) >= 11 is 1.60. The van der Waals surface area contributed by atoms with E-state index in [0.717, 1.165) is 70.9 Å². The predicted molar refractivity (Wildman–Crippen MR) is 109 cm³/mol. The Hall–Kier alpha value is -2.03. The van der Waals surface area contributed by atoms with E-state index in [0.29, 0.717) is 12.5 Å². The van der Waals surface area contributed by atoms with E-state index in [9.17, 15) is 4.79 Å². The summed E-state index contributed by atoms with van der Waals surface area (Å²) < 4.78 is 5.88. The average molecular weight is 400 g/mol. The minimum atomic E-state index is -0.0164. The summed E-state index contributed by atoms with van der Waals surface area (Å²) in [5.41, 5.74) is 1.03. The van der Waals surface area contributed by atoms with Gasteiger partial charge in [0.25, 0.3) is 5.56 Å². The number of oxazole rings is 1. The Bertz CT molecular complexity index is 1060. The molecule has 1 aliphatic carbocycles. The highest BCUT2D eigenvalue weighted by atomic mass is 32.1. The molecule has 4 heterocycles. The Balaban J connectivity index is 1.20. The number of nitrogens with zero attached hydrogens (tertiary/aromatic N) is 4. The monoisotopic (exact) mass is 399 g/mol. The molecule has 1 N–H and O–H groups in total. The van der Waals surface area contributed by atoms with Gasteiger partial charge in [-0.3, -0.25) is 14.6 Å². The van der Waals surface area contributed by atoms with Crippen LogP contribution in [0.3, 0.4) is 0 Å². The van der Waals surface area contributed by atoms with Crippen LogP contribution < -0.4 is 5.56 Å².